The summed E-state index contributed by atoms with van der Waals surface area (Å²) in [6.45, 7) is 1.65. The summed E-state index contributed by atoms with van der Waals surface area (Å²) in [5.41, 5.74) is 0. The Labute approximate surface area is 123 Å². The number of methoxy groups -OCH3 is 1. The summed E-state index contributed by atoms with van der Waals surface area (Å²) >= 11 is 0. The molecule has 2 saturated carbocycles. The van der Waals surface area contributed by atoms with Crippen LogP contribution in [-0.2, 0) is 14.3 Å². The third kappa shape index (κ3) is 3.52. The molecular formula is C15H23F2NO3. The molecule has 0 aromatic carbocycles. The van der Waals surface area contributed by atoms with Crippen LogP contribution in [0.4, 0.5) is 8.78 Å². The normalized spacial score (nSPS) is 24.0. The molecule has 2 rings (SSSR count). The van der Waals surface area contributed by atoms with E-state index in [1.54, 1.807) is 11.8 Å². The molecule has 0 aromatic heterocycles. The van der Waals surface area contributed by atoms with Gasteiger partial charge in [0.05, 0.1) is 7.11 Å². The molecule has 1 atom stereocenters. The summed E-state index contributed by atoms with van der Waals surface area (Å²) in [4.78, 5) is 26.0. The van der Waals surface area contributed by atoms with Gasteiger partial charge in [0, 0.05) is 24.8 Å². The molecule has 6 heteroatoms. The van der Waals surface area contributed by atoms with Crippen LogP contribution in [0.15, 0.2) is 0 Å². The van der Waals surface area contributed by atoms with Crippen molar-refractivity contribution in [3.8, 4) is 0 Å². The summed E-state index contributed by atoms with van der Waals surface area (Å²) in [5.74, 6) is -3.65. The number of ether oxygens (including phenoxy) is 1. The lowest BCUT2D eigenvalue weighted by atomic mass is 9.83. The molecular weight excluding hydrogens is 280 g/mol. The fourth-order valence-corrected chi connectivity index (χ4v) is 3.13. The zero-order chi connectivity index (χ0) is 15.6. The monoisotopic (exact) mass is 303 g/mol. The van der Waals surface area contributed by atoms with Gasteiger partial charge in [-0.05, 0) is 39.0 Å². The number of alkyl halides is 2. The first-order valence-electron chi connectivity index (χ1n) is 7.63. The molecule has 4 nitrogen and oxygen atoms in total. The van der Waals surface area contributed by atoms with Crippen molar-refractivity contribution in [1.82, 2.24) is 4.90 Å². The van der Waals surface area contributed by atoms with Gasteiger partial charge in [0.25, 0.3) is 0 Å². The zero-order valence-electron chi connectivity index (χ0n) is 12.6. The SMILES string of the molecule is COC(=O)[C@@H](C)N(C(=O)C1CCC(F)(F)CC1)C1CCC1. The highest BCUT2D eigenvalue weighted by atomic mass is 19.3. The predicted molar refractivity (Wildman–Crippen MR) is 72.9 cm³/mol. The fraction of sp³-hybridized carbons (Fsp3) is 0.867. The maximum atomic E-state index is 13.2. The van der Waals surface area contributed by atoms with Crippen LogP contribution in [0.2, 0.25) is 0 Å². The van der Waals surface area contributed by atoms with Crippen molar-refractivity contribution in [1.29, 1.82) is 0 Å². The lowest BCUT2D eigenvalue weighted by Gasteiger charge is -2.42. The predicted octanol–water partition coefficient (Wildman–Crippen LogP) is 2.75. The smallest absolute Gasteiger partial charge is 0.328 e. The molecule has 2 fully saturated rings. The van der Waals surface area contributed by atoms with Gasteiger partial charge in [-0.25, -0.2) is 13.6 Å². The van der Waals surface area contributed by atoms with Crippen molar-refractivity contribution in [3.05, 3.63) is 0 Å². The third-order valence-corrected chi connectivity index (χ3v) is 4.75. The van der Waals surface area contributed by atoms with Crippen LogP contribution >= 0.6 is 0 Å². The quantitative estimate of drug-likeness (QED) is 0.750. The second-order valence-corrected chi connectivity index (χ2v) is 6.16. The number of hydrogen-bond acceptors (Lipinski definition) is 3. The Morgan fingerprint density at radius 3 is 2.19 bits per heavy atom. The van der Waals surface area contributed by atoms with Crippen LogP contribution in [-0.4, -0.2) is 41.9 Å². The average Bonchev–Trinajstić information content (AvgIpc) is 2.40. The van der Waals surface area contributed by atoms with E-state index >= 15 is 0 Å². The van der Waals surface area contributed by atoms with Crippen LogP contribution in [0.5, 0.6) is 0 Å². The first-order chi connectivity index (χ1) is 9.85. The molecule has 0 saturated heterocycles. The molecule has 2 aliphatic carbocycles. The highest BCUT2D eigenvalue weighted by Gasteiger charge is 2.43. The first kappa shape index (κ1) is 16.2. The summed E-state index contributed by atoms with van der Waals surface area (Å²) in [6.07, 6.45) is 2.69. The number of nitrogens with zero attached hydrogens (tertiary/aromatic N) is 1. The van der Waals surface area contributed by atoms with Crippen molar-refractivity contribution in [3.63, 3.8) is 0 Å². The Morgan fingerprint density at radius 2 is 1.76 bits per heavy atom. The van der Waals surface area contributed by atoms with Gasteiger partial charge in [-0.1, -0.05) is 0 Å². The molecule has 0 heterocycles. The molecule has 0 radical (unpaired) electrons. The second kappa shape index (κ2) is 6.28. The minimum Gasteiger partial charge on any atom is -0.467 e. The number of halogens is 2. The van der Waals surface area contributed by atoms with Gasteiger partial charge in [-0.2, -0.15) is 0 Å². The van der Waals surface area contributed by atoms with E-state index in [-0.39, 0.29) is 37.6 Å². The lowest BCUT2D eigenvalue weighted by Crippen LogP contribution is -2.54. The molecule has 2 aliphatic rings. The number of hydrogen-bond donors (Lipinski definition) is 0. The molecule has 0 aromatic rings. The largest absolute Gasteiger partial charge is 0.467 e. The molecule has 1 amide bonds. The number of carbonyl (C=O) groups excluding carboxylic acids is 2. The van der Waals surface area contributed by atoms with Crippen molar-refractivity contribution in [2.75, 3.05) is 7.11 Å². The highest BCUT2D eigenvalue weighted by molar-refractivity contribution is 5.86. The number of carbonyl (C=O) groups is 2. The van der Waals surface area contributed by atoms with Gasteiger partial charge < -0.3 is 9.64 Å². The minimum atomic E-state index is -2.65. The topological polar surface area (TPSA) is 46.6 Å². The Morgan fingerprint density at radius 1 is 1.19 bits per heavy atom. The van der Waals surface area contributed by atoms with E-state index in [9.17, 15) is 18.4 Å². The summed E-state index contributed by atoms with van der Waals surface area (Å²) in [7, 11) is 1.30. The molecule has 120 valence electrons. The number of amides is 1. The van der Waals surface area contributed by atoms with E-state index in [0.29, 0.717) is 0 Å². The lowest BCUT2D eigenvalue weighted by molar-refractivity contribution is -0.159. The second-order valence-electron chi connectivity index (χ2n) is 6.16. The Hall–Kier alpha value is -1.20. The molecule has 0 aliphatic heterocycles. The van der Waals surface area contributed by atoms with Gasteiger partial charge in [0.1, 0.15) is 6.04 Å². The molecule has 0 spiro atoms. The Balaban J connectivity index is 2.06. The minimum absolute atomic E-state index is 0.0500. The first-order valence-corrected chi connectivity index (χ1v) is 7.63. The van der Waals surface area contributed by atoms with Crippen molar-refractivity contribution >= 4 is 11.9 Å². The van der Waals surface area contributed by atoms with Gasteiger partial charge in [0.15, 0.2) is 0 Å². The van der Waals surface area contributed by atoms with Gasteiger partial charge in [0.2, 0.25) is 11.8 Å². The molecule has 0 N–H and O–H groups in total. The maximum Gasteiger partial charge on any atom is 0.328 e. The van der Waals surface area contributed by atoms with E-state index in [1.807, 2.05) is 0 Å². The Kier molecular flexibility index (Phi) is 4.84. The zero-order valence-corrected chi connectivity index (χ0v) is 12.6. The molecule has 0 unspecified atom stereocenters. The number of rotatable bonds is 4. The highest BCUT2D eigenvalue weighted by Crippen LogP contribution is 2.38. The van der Waals surface area contributed by atoms with Crippen molar-refractivity contribution in [2.45, 2.75) is 69.9 Å². The van der Waals surface area contributed by atoms with Crippen LogP contribution in [0.1, 0.15) is 51.9 Å². The van der Waals surface area contributed by atoms with E-state index in [4.69, 9.17) is 4.74 Å². The fourth-order valence-electron chi connectivity index (χ4n) is 3.13. The van der Waals surface area contributed by atoms with Crippen LogP contribution in [0.3, 0.4) is 0 Å². The molecule has 0 bridgehead atoms. The van der Waals surface area contributed by atoms with Gasteiger partial charge in [-0.3, -0.25) is 4.79 Å². The Bertz CT molecular complexity index is 400. The van der Waals surface area contributed by atoms with E-state index < -0.39 is 23.9 Å². The van der Waals surface area contributed by atoms with Gasteiger partial charge >= 0.3 is 5.97 Å². The van der Waals surface area contributed by atoms with E-state index in [0.717, 1.165) is 19.3 Å². The van der Waals surface area contributed by atoms with Crippen LogP contribution < -0.4 is 0 Å². The van der Waals surface area contributed by atoms with Crippen LogP contribution in [0.25, 0.3) is 0 Å². The number of esters is 1. The van der Waals surface area contributed by atoms with Crippen molar-refractivity contribution < 1.29 is 23.1 Å². The van der Waals surface area contributed by atoms with E-state index in [1.165, 1.54) is 7.11 Å². The van der Waals surface area contributed by atoms with Crippen LogP contribution in [0, 0.1) is 5.92 Å². The maximum absolute atomic E-state index is 13.2. The summed E-state index contributed by atoms with van der Waals surface area (Å²) < 4.78 is 31.2. The summed E-state index contributed by atoms with van der Waals surface area (Å²) in [6, 6.07) is -0.593. The van der Waals surface area contributed by atoms with E-state index in [2.05, 4.69) is 0 Å². The standard InChI is InChI=1S/C15H23F2NO3/c1-10(14(20)21-2)18(12-4-3-5-12)13(19)11-6-8-15(16,17)9-7-11/h10-12H,3-9H2,1-2H3/t10-/m1/s1. The molecule has 21 heavy (non-hydrogen) atoms. The van der Waals surface area contributed by atoms with Crippen molar-refractivity contribution in [2.24, 2.45) is 5.92 Å². The summed E-state index contributed by atoms with van der Waals surface area (Å²) in [5, 5.41) is 0. The average molecular weight is 303 g/mol. The third-order valence-electron chi connectivity index (χ3n) is 4.75. The van der Waals surface area contributed by atoms with Gasteiger partial charge in [-0.15, -0.1) is 0 Å².